The summed E-state index contributed by atoms with van der Waals surface area (Å²) in [5.41, 5.74) is 1.24. The van der Waals surface area contributed by atoms with Gasteiger partial charge in [0.2, 0.25) is 0 Å². The van der Waals surface area contributed by atoms with Gasteiger partial charge in [-0.1, -0.05) is 12.1 Å². The summed E-state index contributed by atoms with van der Waals surface area (Å²) in [6, 6.07) is 12.3. The maximum atomic E-state index is 12.8. The second-order valence-corrected chi connectivity index (χ2v) is 6.06. The first-order valence-electron chi connectivity index (χ1n) is 7.72. The standard InChI is InChI=1S/C19H17F3N2O/c1-23-9-8-14-11-15(6-7-17(14)23)18(25)24(2)12-13-4-3-5-16(10-13)19(20,21)22/h3-11H,12H2,1-2H3. The van der Waals surface area contributed by atoms with Crippen LogP contribution in [-0.4, -0.2) is 22.4 Å². The Bertz CT molecular complexity index is 928. The highest BCUT2D eigenvalue weighted by Crippen LogP contribution is 2.29. The van der Waals surface area contributed by atoms with Gasteiger partial charge in [0.25, 0.3) is 5.91 Å². The lowest BCUT2D eigenvalue weighted by atomic mass is 10.1. The van der Waals surface area contributed by atoms with Crippen LogP contribution in [0.3, 0.4) is 0 Å². The summed E-state index contributed by atoms with van der Waals surface area (Å²) in [4.78, 5) is 14.0. The zero-order valence-corrected chi connectivity index (χ0v) is 13.8. The highest BCUT2D eigenvalue weighted by Gasteiger charge is 2.30. The van der Waals surface area contributed by atoms with E-state index in [0.29, 0.717) is 11.1 Å². The van der Waals surface area contributed by atoms with Gasteiger partial charge in [0.05, 0.1) is 5.56 Å². The van der Waals surface area contributed by atoms with Crippen molar-refractivity contribution in [3.63, 3.8) is 0 Å². The maximum Gasteiger partial charge on any atom is 0.416 e. The van der Waals surface area contributed by atoms with Crippen LogP contribution < -0.4 is 0 Å². The Morgan fingerprint density at radius 3 is 2.60 bits per heavy atom. The fraction of sp³-hybridized carbons (Fsp3) is 0.211. The molecule has 0 unspecified atom stereocenters. The lowest BCUT2D eigenvalue weighted by Crippen LogP contribution is -2.26. The molecule has 0 N–H and O–H groups in total. The first kappa shape index (κ1) is 17.1. The molecule has 0 saturated carbocycles. The van der Waals surface area contributed by atoms with Crippen molar-refractivity contribution in [1.82, 2.24) is 9.47 Å². The first-order chi connectivity index (χ1) is 11.8. The second kappa shape index (κ2) is 6.27. The van der Waals surface area contributed by atoms with Crippen LogP contribution in [0.4, 0.5) is 13.2 Å². The molecule has 2 aromatic carbocycles. The van der Waals surface area contributed by atoms with Crippen LogP contribution in [0.25, 0.3) is 10.9 Å². The van der Waals surface area contributed by atoms with Gasteiger partial charge in [0.15, 0.2) is 0 Å². The van der Waals surface area contributed by atoms with Crippen molar-refractivity contribution >= 4 is 16.8 Å². The quantitative estimate of drug-likeness (QED) is 0.687. The van der Waals surface area contributed by atoms with E-state index in [0.717, 1.165) is 23.0 Å². The van der Waals surface area contributed by atoms with Gasteiger partial charge in [-0.25, -0.2) is 0 Å². The Kier molecular flexibility index (Phi) is 4.29. The van der Waals surface area contributed by atoms with E-state index in [2.05, 4.69) is 0 Å². The van der Waals surface area contributed by atoms with E-state index in [9.17, 15) is 18.0 Å². The molecular weight excluding hydrogens is 329 g/mol. The van der Waals surface area contributed by atoms with E-state index in [1.807, 2.05) is 29.9 Å². The summed E-state index contributed by atoms with van der Waals surface area (Å²) in [7, 11) is 3.50. The SMILES string of the molecule is CN(Cc1cccc(C(F)(F)F)c1)C(=O)c1ccc2c(ccn2C)c1. The number of halogens is 3. The number of hydrogen-bond donors (Lipinski definition) is 0. The molecule has 0 bridgehead atoms. The van der Waals surface area contributed by atoms with Crippen molar-refractivity contribution in [3.8, 4) is 0 Å². The minimum absolute atomic E-state index is 0.107. The molecule has 1 aromatic heterocycles. The summed E-state index contributed by atoms with van der Waals surface area (Å²) in [6.07, 6.45) is -2.48. The predicted octanol–water partition coefficient (Wildman–Crippen LogP) is 4.47. The minimum Gasteiger partial charge on any atom is -0.351 e. The monoisotopic (exact) mass is 346 g/mol. The van der Waals surface area contributed by atoms with E-state index in [1.165, 1.54) is 11.0 Å². The number of alkyl halides is 3. The number of carbonyl (C=O) groups excluding carboxylic acids is 1. The molecule has 0 fully saturated rings. The van der Waals surface area contributed by atoms with Gasteiger partial charge in [-0.2, -0.15) is 13.2 Å². The number of aromatic nitrogens is 1. The third-order valence-electron chi connectivity index (χ3n) is 4.15. The summed E-state index contributed by atoms with van der Waals surface area (Å²) in [6.45, 7) is 0.107. The van der Waals surface area contributed by atoms with Crippen LogP contribution in [0.2, 0.25) is 0 Å². The largest absolute Gasteiger partial charge is 0.416 e. The fourth-order valence-electron chi connectivity index (χ4n) is 2.83. The summed E-state index contributed by atoms with van der Waals surface area (Å²) >= 11 is 0. The number of carbonyl (C=O) groups is 1. The molecule has 1 amide bonds. The van der Waals surface area contributed by atoms with Gasteiger partial charge < -0.3 is 9.47 Å². The Labute approximate surface area is 143 Å². The molecule has 1 heterocycles. The van der Waals surface area contributed by atoms with Crippen LogP contribution in [0, 0.1) is 0 Å². The summed E-state index contributed by atoms with van der Waals surface area (Å²) in [5, 5.41) is 0.945. The Hall–Kier alpha value is -2.76. The number of amides is 1. The maximum absolute atomic E-state index is 12.8. The van der Waals surface area contributed by atoms with Crippen molar-refractivity contribution in [1.29, 1.82) is 0 Å². The third kappa shape index (κ3) is 3.52. The van der Waals surface area contributed by atoms with Crippen LogP contribution >= 0.6 is 0 Å². The van der Waals surface area contributed by atoms with E-state index in [-0.39, 0.29) is 12.5 Å². The van der Waals surface area contributed by atoms with Gasteiger partial charge in [-0.15, -0.1) is 0 Å². The lowest BCUT2D eigenvalue weighted by molar-refractivity contribution is -0.137. The van der Waals surface area contributed by atoms with Gasteiger partial charge >= 0.3 is 6.18 Å². The number of aryl methyl sites for hydroxylation is 1. The van der Waals surface area contributed by atoms with E-state index < -0.39 is 11.7 Å². The van der Waals surface area contributed by atoms with Gasteiger partial charge in [-0.3, -0.25) is 4.79 Å². The van der Waals surface area contributed by atoms with Crippen LogP contribution in [0.5, 0.6) is 0 Å². The van der Waals surface area contributed by atoms with Crippen molar-refractivity contribution in [3.05, 3.63) is 71.4 Å². The molecule has 25 heavy (non-hydrogen) atoms. The smallest absolute Gasteiger partial charge is 0.351 e. The number of rotatable bonds is 3. The predicted molar refractivity (Wildman–Crippen MR) is 90.2 cm³/mol. The highest BCUT2D eigenvalue weighted by atomic mass is 19.4. The molecule has 3 rings (SSSR count). The average molecular weight is 346 g/mol. The summed E-state index contributed by atoms with van der Waals surface area (Å²) in [5.74, 6) is -0.233. The Morgan fingerprint density at radius 1 is 1.12 bits per heavy atom. The van der Waals surface area contributed by atoms with E-state index in [4.69, 9.17) is 0 Å². The molecule has 130 valence electrons. The Morgan fingerprint density at radius 2 is 1.88 bits per heavy atom. The first-order valence-corrected chi connectivity index (χ1v) is 7.72. The van der Waals surface area contributed by atoms with Crippen molar-refractivity contribution in [2.24, 2.45) is 7.05 Å². The molecule has 0 atom stereocenters. The summed E-state index contributed by atoms with van der Waals surface area (Å²) < 4.78 is 40.3. The topological polar surface area (TPSA) is 25.2 Å². The highest BCUT2D eigenvalue weighted by molar-refractivity contribution is 5.98. The Balaban J connectivity index is 1.80. The molecule has 6 heteroatoms. The molecule has 0 radical (unpaired) electrons. The number of nitrogens with zero attached hydrogens (tertiary/aromatic N) is 2. The van der Waals surface area contributed by atoms with Crippen molar-refractivity contribution < 1.29 is 18.0 Å². The fourth-order valence-corrected chi connectivity index (χ4v) is 2.83. The van der Waals surface area contributed by atoms with E-state index in [1.54, 1.807) is 25.2 Å². The minimum atomic E-state index is -4.39. The lowest BCUT2D eigenvalue weighted by Gasteiger charge is -2.18. The molecular formula is C19H17F3N2O. The number of hydrogen-bond acceptors (Lipinski definition) is 1. The van der Waals surface area contributed by atoms with Gasteiger partial charge in [0.1, 0.15) is 0 Å². The zero-order chi connectivity index (χ0) is 18.2. The molecule has 0 aliphatic rings. The molecule has 3 aromatic rings. The van der Waals surface area contributed by atoms with Crippen LogP contribution in [0.15, 0.2) is 54.7 Å². The number of benzene rings is 2. The molecule has 0 aliphatic heterocycles. The van der Waals surface area contributed by atoms with E-state index >= 15 is 0 Å². The average Bonchev–Trinajstić information content (AvgIpc) is 2.94. The van der Waals surface area contributed by atoms with Gasteiger partial charge in [0, 0.05) is 43.3 Å². The second-order valence-electron chi connectivity index (χ2n) is 6.06. The van der Waals surface area contributed by atoms with Gasteiger partial charge in [-0.05, 0) is 42.0 Å². The van der Waals surface area contributed by atoms with Crippen molar-refractivity contribution in [2.75, 3.05) is 7.05 Å². The molecule has 3 nitrogen and oxygen atoms in total. The zero-order valence-electron chi connectivity index (χ0n) is 13.8. The number of fused-ring (bicyclic) bond motifs is 1. The molecule has 0 aliphatic carbocycles. The molecule has 0 spiro atoms. The van der Waals surface area contributed by atoms with Crippen LogP contribution in [0.1, 0.15) is 21.5 Å². The van der Waals surface area contributed by atoms with Crippen LogP contribution in [-0.2, 0) is 19.8 Å². The normalized spacial score (nSPS) is 11.7. The third-order valence-corrected chi connectivity index (χ3v) is 4.15. The molecule has 0 saturated heterocycles. The van der Waals surface area contributed by atoms with Crippen molar-refractivity contribution in [2.45, 2.75) is 12.7 Å².